The Labute approximate surface area is 169 Å². The first-order valence-corrected chi connectivity index (χ1v) is 10.4. The van der Waals surface area contributed by atoms with Crippen LogP contribution in [0.2, 0.25) is 0 Å². The smallest absolute Gasteiger partial charge is 0.253 e. The van der Waals surface area contributed by atoms with Gasteiger partial charge in [-0.3, -0.25) is 4.79 Å². The zero-order valence-corrected chi connectivity index (χ0v) is 18.3. The van der Waals surface area contributed by atoms with Crippen molar-refractivity contribution in [2.75, 3.05) is 32.2 Å². The third-order valence-electron chi connectivity index (χ3n) is 4.93. The van der Waals surface area contributed by atoms with E-state index in [-0.39, 0.29) is 5.91 Å². The monoisotopic (exact) mass is 388 g/mol. The number of methoxy groups -OCH3 is 1. The van der Waals surface area contributed by atoms with Gasteiger partial charge in [-0.05, 0) is 49.8 Å². The fourth-order valence-electron chi connectivity index (χ4n) is 3.17. The van der Waals surface area contributed by atoms with E-state index < -0.39 is 0 Å². The summed E-state index contributed by atoms with van der Waals surface area (Å²) in [6.07, 6.45) is 2.04. The van der Waals surface area contributed by atoms with E-state index in [1.54, 1.807) is 7.11 Å². The Morgan fingerprint density at radius 2 is 1.82 bits per heavy atom. The number of carbonyl (C=O) groups is 1. The van der Waals surface area contributed by atoms with Crippen LogP contribution in [0.4, 0.5) is 5.95 Å². The van der Waals surface area contributed by atoms with Gasteiger partial charge in [0, 0.05) is 32.3 Å². The largest absolute Gasteiger partial charge is 0.364 e. The lowest BCUT2D eigenvalue weighted by Gasteiger charge is -2.24. The minimum absolute atomic E-state index is 0.110. The van der Waals surface area contributed by atoms with Crippen LogP contribution in [0.25, 0.3) is 11.0 Å². The predicted octanol–water partition coefficient (Wildman–Crippen LogP) is 4.61. The molecular formula is C22H36N4O2. The van der Waals surface area contributed by atoms with Crippen LogP contribution in [-0.4, -0.2) is 47.3 Å². The van der Waals surface area contributed by atoms with Crippen LogP contribution in [0.1, 0.15) is 57.8 Å². The number of amides is 1. The molecule has 0 saturated carbocycles. The fraction of sp³-hybridized carbons (Fsp3) is 0.636. The lowest BCUT2D eigenvalue weighted by molar-refractivity contribution is 0.0741. The molecule has 0 radical (unpaired) electrons. The molecule has 1 aromatic carbocycles. The molecule has 0 unspecified atom stereocenters. The number of nitrogens with zero attached hydrogens (tertiary/aromatic N) is 3. The zero-order valence-electron chi connectivity index (χ0n) is 18.3. The average Bonchev–Trinajstić information content (AvgIpc) is 3.01. The maximum atomic E-state index is 13.3. The van der Waals surface area contributed by atoms with Crippen molar-refractivity contribution in [2.24, 2.45) is 11.8 Å². The number of benzene rings is 1. The molecule has 0 saturated heterocycles. The molecule has 6 nitrogen and oxygen atoms in total. The molecule has 0 bridgehead atoms. The number of imidazole rings is 1. The van der Waals surface area contributed by atoms with Gasteiger partial charge in [-0.15, -0.1) is 0 Å². The average molecular weight is 389 g/mol. The maximum Gasteiger partial charge on any atom is 0.253 e. The Kier molecular flexibility index (Phi) is 8.30. The van der Waals surface area contributed by atoms with E-state index in [0.717, 1.165) is 55.0 Å². The Morgan fingerprint density at radius 3 is 2.36 bits per heavy atom. The highest BCUT2D eigenvalue weighted by Crippen LogP contribution is 2.22. The highest BCUT2D eigenvalue weighted by molar-refractivity contribution is 5.97. The van der Waals surface area contributed by atoms with Crippen LogP contribution in [0.3, 0.4) is 0 Å². The van der Waals surface area contributed by atoms with Gasteiger partial charge >= 0.3 is 0 Å². The minimum atomic E-state index is 0.110. The number of hydrogen-bond acceptors (Lipinski definition) is 4. The summed E-state index contributed by atoms with van der Waals surface area (Å²) < 4.78 is 7.18. The number of nitrogens with one attached hydrogen (secondary N) is 1. The molecule has 0 spiro atoms. The minimum Gasteiger partial charge on any atom is -0.364 e. The topological polar surface area (TPSA) is 59.4 Å². The van der Waals surface area contributed by atoms with E-state index in [4.69, 9.17) is 4.74 Å². The Bertz CT molecular complexity index is 755. The quantitative estimate of drug-likeness (QED) is 0.571. The van der Waals surface area contributed by atoms with Gasteiger partial charge in [0.05, 0.1) is 11.0 Å². The van der Waals surface area contributed by atoms with Crippen molar-refractivity contribution in [2.45, 2.75) is 54.0 Å². The molecule has 2 aromatic rings. The number of fused-ring (bicyclic) bond motifs is 1. The molecular weight excluding hydrogens is 352 g/mol. The molecule has 0 aliphatic rings. The third-order valence-corrected chi connectivity index (χ3v) is 4.93. The van der Waals surface area contributed by atoms with Crippen LogP contribution in [0.15, 0.2) is 18.2 Å². The Balaban J connectivity index is 2.30. The summed E-state index contributed by atoms with van der Waals surface area (Å²) in [5, 5.41) is 3.17. The van der Waals surface area contributed by atoms with Gasteiger partial charge in [-0.1, -0.05) is 27.7 Å². The summed E-state index contributed by atoms with van der Waals surface area (Å²) in [5.74, 6) is 2.03. The number of rotatable bonds is 11. The van der Waals surface area contributed by atoms with Crippen LogP contribution >= 0.6 is 0 Å². The van der Waals surface area contributed by atoms with Gasteiger partial charge in [0.25, 0.3) is 5.91 Å². The normalized spacial score (nSPS) is 11.6. The first-order valence-electron chi connectivity index (χ1n) is 10.4. The van der Waals surface area contributed by atoms with E-state index in [2.05, 4.69) is 49.5 Å². The van der Waals surface area contributed by atoms with E-state index in [0.29, 0.717) is 18.6 Å². The molecule has 0 aliphatic heterocycles. The SMILES string of the molecule is CCn1c(NCOC)nc2ccc(C(=O)N(CCC(C)C)CCC(C)C)cc21. The van der Waals surface area contributed by atoms with E-state index in [1.165, 1.54) is 0 Å². The Morgan fingerprint density at radius 1 is 1.18 bits per heavy atom. The second-order valence-corrected chi connectivity index (χ2v) is 8.15. The molecule has 1 aromatic heterocycles. The van der Waals surface area contributed by atoms with Gasteiger partial charge in [-0.2, -0.15) is 0 Å². The molecule has 28 heavy (non-hydrogen) atoms. The maximum absolute atomic E-state index is 13.3. The van der Waals surface area contributed by atoms with E-state index in [1.807, 2.05) is 23.1 Å². The molecule has 6 heteroatoms. The summed E-state index contributed by atoms with van der Waals surface area (Å²) in [5.41, 5.74) is 2.58. The second kappa shape index (κ2) is 10.5. The van der Waals surface area contributed by atoms with Crippen molar-refractivity contribution in [3.63, 3.8) is 0 Å². The molecule has 0 aliphatic carbocycles. The first-order chi connectivity index (χ1) is 13.4. The first kappa shape index (κ1) is 22.2. The molecule has 1 N–H and O–H groups in total. The zero-order chi connectivity index (χ0) is 20.7. The van der Waals surface area contributed by atoms with Crippen molar-refractivity contribution >= 4 is 22.9 Å². The number of aromatic nitrogens is 2. The number of ether oxygens (including phenoxy) is 1. The second-order valence-electron chi connectivity index (χ2n) is 8.15. The van der Waals surface area contributed by atoms with Gasteiger partial charge < -0.3 is 19.5 Å². The van der Waals surface area contributed by atoms with E-state index >= 15 is 0 Å². The number of hydrogen-bond donors (Lipinski definition) is 1. The summed E-state index contributed by atoms with van der Waals surface area (Å²) in [7, 11) is 1.64. The predicted molar refractivity (Wildman–Crippen MR) is 116 cm³/mol. The molecule has 0 fully saturated rings. The summed E-state index contributed by atoms with van der Waals surface area (Å²) in [6, 6.07) is 5.81. The standard InChI is InChI=1S/C22H36N4O2/c1-7-26-20-14-18(8-9-19(20)24-22(26)23-15-28-6)21(27)25(12-10-16(2)3)13-11-17(4)5/h8-9,14,16-17H,7,10-13,15H2,1-6H3,(H,23,24). The lowest BCUT2D eigenvalue weighted by Crippen LogP contribution is -2.34. The van der Waals surface area contributed by atoms with Gasteiger partial charge in [0.2, 0.25) is 5.95 Å². The van der Waals surface area contributed by atoms with Crippen molar-refractivity contribution in [3.8, 4) is 0 Å². The highest BCUT2D eigenvalue weighted by atomic mass is 16.5. The molecule has 1 heterocycles. The van der Waals surface area contributed by atoms with Crippen molar-refractivity contribution in [3.05, 3.63) is 23.8 Å². The molecule has 1 amide bonds. The Hall–Kier alpha value is -2.08. The van der Waals surface area contributed by atoms with Crippen molar-refractivity contribution in [1.82, 2.24) is 14.5 Å². The van der Waals surface area contributed by atoms with E-state index in [9.17, 15) is 4.79 Å². The third kappa shape index (κ3) is 5.71. The summed E-state index contributed by atoms with van der Waals surface area (Å²) >= 11 is 0. The van der Waals surface area contributed by atoms with Crippen LogP contribution in [0.5, 0.6) is 0 Å². The number of anilines is 1. The molecule has 0 atom stereocenters. The number of carbonyl (C=O) groups excluding carboxylic acids is 1. The van der Waals surface area contributed by atoms with Gasteiger partial charge in [0.1, 0.15) is 6.73 Å². The van der Waals surface area contributed by atoms with Gasteiger partial charge in [0.15, 0.2) is 0 Å². The van der Waals surface area contributed by atoms with Crippen LogP contribution < -0.4 is 5.32 Å². The number of aryl methyl sites for hydroxylation is 1. The summed E-state index contributed by atoms with van der Waals surface area (Å²) in [4.78, 5) is 19.9. The van der Waals surface area contributed by atoms with Crippen LogP contribution in [0, 0.1) is 11.8 Å². The van der Waals surface area contributed by atoms with Gasteiger partial charge in [-0.25, -0.2) is 4.98 Å². The van der Waals surface area contributed by atoms with Crippen molar-refractivity contribution < 1.29 is 9.53 Å². The highest BCUT2D eigenvalue weighted by Gasteiger charge is 2.18. The fourth-order valence-corrected chi connectivity index (χ4v) is 3.17. The molecule has 156 valence electrons. The van der Waals surface area contributed by atoms with Crippen LogP contribution in [-0.2, 0) is 11.3 Å². The lowest BCUT2D eigenvalue weighted by atomic mass is 10.1. The molecule has 2 rings (SSSR count). The summed E-state index contributed by atoms with van der Waals surface area (Å²) in [6.45, 7) is 13.6. The van der Waals surface area contributed by atoms with Crippen molar-refractivity contribution in [1.29, 1.82) is 0 Å².